The van der Waals surface area contributed by atoms with Crippen LogP contribution in [0, 0.1) is 0 Å². The highest BCUT2D eigenvalue weighted by Gasteiger charge is 2.38. The molecule has 0 spiro atoms. The van der Waals surface area contributed by atoms with Crippen LogP contribution in [0.2, 0.25) is 0 Å². The zero-order chi connectivity index (χ0) is 30.3. The van der Waals surface area contributed by atoms with Gasteiger partial charge in [0.15, 0.2) is 0 Å². The third kappa shape index (κ3) is 12.7. The first-order valence-corrected chi connectivity index (χ1v) is 22.7. The van der Waals surface area contributed by atoms with E-state index in [1.54, 1.807) is 0 Å². The Hall–Kier alpha value is 0.700. The lowest BCUT2D eigenvalue weighted by Crippen LogP contribution is -2.48. The normalized spacial score (nSPS) is 24.0. The van der Waals surface area contributed by atoms with Gasteiger partial charge in [0.2, 0.25) is 0 Å². The van der Waals surface area contributed by atoms with Crippen molar-refractivity contribution in [3.05, 3.63) is 0 Å². The third-order valence-corrected chi connectivity index (χ3v) is 18.4. The van der Waals surface area contributed by atoms with Gasteiger partial charge in [-0.1, -0.05) is 99.3 Å². The standard InChI is InChI=1S/C37H74N4P2/c1-30(2)40-36(42(32-20-10-5-11-21-32)33-22-12-6-13-23-33)38-28-18-9-19-29-39-37(41-31(3)4)43(34-24-14-7-15-25-34)35-26-16-8-17-27-35/h30-41H,5-29H2,1-4H3. The molecule has 0 amide bonds. The summed E-state index contributed by atoms with van der Waals surface area (Å²) in [4.78, 5) is 0. The molecule has 4 rings (SSSR count). The highest BCUT2D eigenvalue weighted by molar-refractivity contribution is 7.60. The molecule has 0 aromatic carbocycles. The maximum atomic E-state index is 4.16. The summed E-state index contributed by atoms with van der Waals surface area (Å²) in [6, 6.07) is 1.12. The molecule has 252 valence electrons. The molecule has 4 N–H and O–H groups in total. The zero-order valence-electron chi connectivity index (χ0n) is 29.2. The van der Waals surface area contributed by atoms with E-state index in [-0.39, 0.29) is 15.8 Å². The zero-order valence-corrected chi connectivity index (χ0v) is 31.0. The number of hydrogen-bond donors (Lipinski definition) is 4. The molecule has 4 aliphatic carbocycles. The van der Waals surface area contributed by atoms with Gasteiger partial charge in [-0.15, -0.1) is 0 Å². The number of nitrogens with one attached hydrogen (secondary N) is 4. The molecular formula is C37H74N4P2. The molecule has 2 atom stereocenters. The number of unbranched alkanes of at least 4 members (excludes halogenated alkanes) is 2. The van der Waals surface area contributed by atoms with Crippen molar-refractivity contribution >= 4 is 15.8 Å². The van der Waals surface area contributed by atoms with Gasteiger partial charge >= 0.3 is 0 Å². The van der Waals surface area contributed by atoms with Gasteiger partial charge in [-0.25, -0.2) is 0 Å². The first-order chi connectivity index (χ1) is 21.0. The Balaban J connectivity index is 1.27. The largest absolute Gasteiger partial charge is 0.298 e. The van der Waals surface area contributed by atoms with Crippen LogP contribution in [0.5, 0.6) is 0 Å². The van der Waals surface area contributed by atoms with Crippen LogP contribution in [0.4, 0.5) is 0 Å². The molecule has 4 fully saturated rings. The highest BCUT2D eigenvalue weighted by Crippen LogP contribution is 2.58. The van der Waals surface area contributed by atoms with E-state index in [9.17, 15) is 0 Å². The fourth-order valence-electron chi connectivity index (χ4n) is 8.99. The molecule has 0 saturated heterocycles. The summed E-state index contributed by atoms with van der Waals surface area (Å²) in [5, 5.41) is 16.5. The minimum absolute atomic E-state index is 0.000888. The van der Waals surface area contributed by atoms with Crippen LogP contribution in [0.15, 0.2) is 0 Å². The topological polar surface area (TPSA) is 48.1 Å². The fourth-order valence-corrected chi connectivity index (χ4v) is 17.3. The van der Waals surface area contributed by atoms with Crippen molar-refractivity contribution < 1.29 is 0 Å². The molecular weight excluding hydrogens is 562 g/mol. The number of hydrogen-bond acceptors (Lipinski definition) is 4. The van der Waals surface area contributed by atoms with E-state index in [1.807, 2.05) is 0 Å². The molecule has 4 nitrogen and oxygen atoms in total. The monoisotopic (exact) mass is 637 g/mol. The first kappa shape index (κ1) is 36.5. The van der Waals surface area contributed by atoms with Crippen LogP contribution in [0.1, 0.15) is 175 Å². The van der Waals surface area contributed by atoms with Crippen LogP contribution in [0.3, 0.4) is 0 Å². The van der Waals surface area contributed by atoms with Crippen LogP contribution in [-0.4, -0.2) is 59.6 Å². The lowest BCUT2D eigenvalue weighted by Gasteiger charge is -2.44. The van der Waals surface area contributed by atoms with E-state index in [0.29, 0.717) is 23.9 Å². The summed E-state index contributed by atoms with van der Waals surface area (Å²) < 4.78 is 0. The molecule has 0 bridgehead atoms. The summed E-state index contributed by atoms with van der Waals surface area (Å²) in [6.07, 6.45) is 33.7. The fraction of sp³-hybridized carbons (Fsp3) is 1.00. The first-order valence-electron chi connectivity index (χ1n) is 19.6. The van der Waals surface area contributed by atoms with E-state index >= 15 is 0 Å². The van der Waals surface area contributed by atoms with E-state index in [2.05, 4.69) is 49.0 Å². The average Bonchev–Trinajstić information content (AvgIpc) is 3.02. The molecule has 4 saturated carbocycles. The van der Waals surface area contributed by atoms with Crippen molar-refractivity contribution in [1.82, 2.24) is 21.3 Å². The van der Waals surface area contributed by atoms with Gasteiger partial charge in [-0.3, -0.25) is 21.3 Å². The van der Waals surface area contributed by atoms with E-state index in [1.165, 1.54) is 161 Å². The Bertz CT molecular complexity index is 603. The van der Waals surface area contributed by atoms with Gasteiger partial charge in [0.05, 0.1) is 11.8 Å². The van der Waals surface area contributed by atoms with Crippen LogP contribution in [-0.2, 0) is 0 Å². The van der Waals surface area contributed by atoms with Gasteiger partial charge in [-0.2, -0.15) is 0 Å². The second kappa shape index (κ2) is 20.8. The quantitative estimate of drug-likeness (QED) is 0.0687. The van der Waals surface area contributed by atoms with Gasteiger partial charge in [0.1, 0.15) is 0 Å². The lowest BCUT2D eigenvalue weighted by molar-refractivity contribution is 0.433. The van der Waals surface area contributed by atoms with Crippen molar-refractivity contribution in [2.24, 2.45) is 0 Å². The van der Waals surface area contributed by atoms with E-state index in [4.69, 9.17) is 0 Å². The molecule has 6 heteroatoms. The Morgan fingerprint density at radius 3 is 0.953 bits per heavy atom. The molecule has 4 aliphatic rings. The van der Waals surface area contributed by atoms with Crippen molar-refractivity contribution in [2.75, 3.05) is 13.1 Å². The average molecular weight is 637 g/mol. The van der Waals surface area contributed by atoms with Gasteiger partial charge in [-0.05, 0) is 128 Å². The van der Waals surface area contributed by atoms with Gasteiger partial charge < -0.3 is 0 Å². The molecule has 0 heterocycles. The van der Waals surface area contributed by atoms with Crippen molar-refractivity contribution in [1.29, 1.82) is 0 Å². The second-order valence-electron chi connectivity index (χ2n) is 15.5. The molecule has 0 aromatic rings. The van der Waals surface area contributed by atoms with Crippen molar-refractivity contribution in [3.8, 4) is 0 Å². The van der Waals surface area contributed by atoms with Crippen LogP contribution < -0.4 is 21.3 Å². The molecule has 43 heavy (non-hydrogen) atoms. The lowest BCUT2D eigenvalue weighted by atomic mass is 9.99. The van der Waals surface area contributed by atoms with Crippen LogP contribution >= 0.6 is 15.8 Å². The van der Waals surface area contributed by atoms with Gasteiger partial charge in [0.25, 0.3) is 0 Å². The summed E-state index contributed by atoms with van der Waals surface area (Å²) >= 11 is 0. The predicted octanol–water partition coefficient (Wildman–Crippen LogP) is 10.2. The Morgan fingerprint density at radius 1 is 0.419 bits per heavy atom. The van der Waals surface area contributed by atoms with Crippen molar-refractivity contribution in [3.63, 3.8) is 0 Å². The SMILES string of the molecule is CC(C)NC(NCCCCCNC(NC(C)C)P(C1CCCCC1)C1CCCCC1)P(C1CCCCC1)C1CCCCC1. The Morgan fingerprint density at radius 2 is 0.698 bits per heavy atom. The highest BCUT2D eigenvalue weighted by atomic mass is 31.1. The summed E-state index contributed by atoms with van der Waals surface area (Å²) in [7, 11) is 0.00178. The molecule has 0 aromatic heterocycles. The Kier molecular flexibility index (Phi) is 17.7. The summed E-state index contributed by atoms with van der Waals surface area (Å²) in [6.45, 7) is 11.8. The molecule has 0 aliphatic heterocycles. The maximum absolute atomic E-state index is 4.16. The second-order valence-corrected chi connectivity index (χ2v) is 21.2. The van der Waals surface area contributed by atoms with E-state index in [0.717, 1.165) is 22.6 Å². The third-order valence-electron chi connectivity index (χ3n) is 11.1. The smallest absolute Gasteiger partial charge is 0.0779 e. The van der Waals surface area contributed by atoms with Crippen molar-refractivity contribution in [2.45, 2.75) is 222 Å². The summed E-state index contributed by atoms with van der Waals surface area (Å²) in [5.74, 6) is 1.13. The van der Waals surface area contributed by atoms with E-state index < -0.39 is 0 Å². The minimum Gasteiger partial charge on any atom is -0.298 e. The van der Waals surface area contributed by atoms with Crippen LogP contribution in [0.25, 0.3) is 0 Å². The maximum Gasteiger partial charge on any atom is 0.0779 e. The Labute approximate surface area is 271 Å². The minimum atomic E-state index is 0.000888. The molecule has 0 radical (unpaired) electrons. The van der Waals surface area contributed by atoms with Gasteiger partial charge in [0, 0.05) is 12.1 Å². The predicted molar refractivity (Wildman–Crippen MR) is 195 cm³/mol. The summed E-state index contributed by atoms with van der Waals surface area (Å²) in [5.41, 5.74) is 3.98. The molecule has 2 unspecified atom stereocenters. The number of rotatable bonds is 18.